The number of hydrogen-bond donors (Lipinski definition) is 0. The van der Waals surface area contributed by atoms with Crippen LogP contribution in [0.2, 0.25) is 0 Å². The highest BCUT2D eigenvalue weighted by molar-refractivity contribution is 6.03. The van der Waals surface area contributed by atoms with Crippen molar-refractivity contribution in [1.29, 1.82) is 0 Å². The first kappa shape index (κ1) is 15.0. The zero-order valence-corrected chi connectivity index (χ0v) is 13.1. The molecule has 0 amide bonds. The molecule has 4 heteroatoms. The first-order chi connectivity index (χ1) is 11.1. The third-order valence-corrected chi connectivity index (χ3v) is 3.71. The Bertz CT molecular complexity index is 878. The van der Waals surface area contributed by atoms with E-state index in [1.807, 2.05) is 48.5 Å². The predicted molar refractivity (Wildman–Crippen MR) is 89.6 cm³/mol. The zero-order valence-electron chi connectivity index (χ0n) is 13.1. The number of carbonyl (C=O) groups is 2. The van der Waals surface area contributed by atoms with Crippen molar-refractivity contribution in [1.82, 2.24) is 4.57 Å². The summed E-state index contributed by atoms with van der Waals surface area (Å²) in [6.45, 7) is 3.46. The minimum absolute atomic E-state index is 0.215. The molecule has 0 bridgehead atoms. The van der Waals surface area contributed by atoms with Gasteiger partial charge in [0.05, 0.1) is 12.1 Å². The Morgan fingerprint density at radius 1 is 1.00 bits per heavy atom. The van der Waals surface area contributed by atoms with Crippen LogP contribution in [0.4, 0.5) is 0 Å². The molecule has 3 rings (SSSR count). The molecule has 0 N–H and O–H groups in total. The number of fused-ring (bicyclic) bond motifs is 1. The lowest BCUT2D eigenvalue weighted by Gasteiger charge is -2.07. The molecule has 1 aromatic heterocycles. The van der Waals surface area contributed by atoms with Gasteiger partial charge in [0.15, 0.2) is 0 Å². The molecule has 0 radical (unpaired) electrons. The monoisotopic (exact) mass is 307 g/mol. The molecule has 0 atom stereocenters. The quantitative estimate of drug-likeness (QED) is 0.683. The van der Waals surface area contributed by atoms with E-state index >= 15 is 0 Å². The molecule has 0 aliphatic carbocycles. The number of ether oxygens (including phenoxy) is 1. The van der Waals surface area contributed by atoms with Gasteiger partial charge in [0.1, 0.15) is 5.69 Å². The van der Waals surface area contributed by atoms with Crippen LogP contribution < -0.4 is 0 Å². The first-order valence-electron chi connectivity index (χ1n) is 7.51. The molecule has 116 valence electrons. The van der Waals surface area contributed by atoms with Crippen molar-refractivity contribution in [3.05, 3.63) is 60.3 Å². The number of hydrogen-bond acceptors (Lipinski definition) is 3. The molecule has 0 unspecified atom stereocenters. The summed E-state index contributed by atoms with van der Waals surface area (Å²) in [6.07, 6.45) is 0. The van der Waals surface area contributed by atoms with Crippen molar-refractivity contribution in [2.75, 3.05) is 6.61 Å². The van der Waals surface area contributed by atoms with Crippen LogP contribution in [0.3, 0.4) is 0 Å². The van der Waals surface area contributed by atoms with Gasteiger partial charge in [0.25, 0.3) is 0 Å². The SMILES string of the molecule is CCOC(=O)c1cc2ccc(-c3ccccc3)cc2n1C(C)=O. The van der Waals surface area contributed by atoms with Crippen LogP contribution in [0.25, 0.3) is 22.0 Å². The molecule has 0 aliphatic rings. The maximum Gasteiger partial charge on any atom is 0.355 e. The Balaban J connectivity index is 2.20. The molecule has 0 aliphatic heterocycles. The summed E-state index contributed by atoms with van der Waals surface area (Å²) >= 11 is 0. The molecule has 23 heavy (non-hydrogen) atoms. The Hall–Kier alpha value is -2.88. The summed E-state index contributed by atoms with van der Waals surface area (Å²) in [5, 5.41) is 0.836. The van der Waals surface area contributed by atoms with Gasteiger partial charge in [-0.3, -0.25) is 9.36 Å². The van der Waals surface area contributed by atoms with Gasteiger partial charge in [0, 0.05) is 12.3 Å². The van der Waals surface area contributed by atoms with Gasteiger partial charge >= 0.3 is 5.97 Å². The Morgan fingerprint density at radius 3 is 2.39 bits per heavy atom. The van der Waals surface area contributed by atoms with Gasteiger partial charge in [-0.05, 0) is 30.2 Å². The van der Waals surface area contributed by atoms with E-state index < -0.39 is 5.97 Å². The number of esters is 1. The van der Waals surface area contributed by atoms with E-state index in [4.69, 9.17) is 4.74 Å². The Kier molecular flexibility index (Phi) is 3.98. The fourth-order valence-corrected chi connectivity index (χ4v) is 2.71. The van der Waals surface area contributed by atoms with Crippen molar-refractivity contribution < 1.29 is 14.3 Å². The van der Waals surface area contributed by atoms with Crippen molar-refractivity contribution in [2.45, 2.75) is 13.8 Å². The summed E-state index contributed by atoms with van der Waals surface area (Å²) in [7, 11) is 0. The lowest BCUT2D eigenvalue weighted by molar-refractivity contribution is 0.0510. The van der Waals surface area contributed by atoms with Crippen molar-refractivity contribution in [3.8, 4) is 11.1 Å². The second-order valence-electron chi connectivity index (χ2n) is 5.24. The van der Waals surface area contributed by atoms with Gasteiger partial charge in [-0.2, -0.15) is 0 Å². The van der Waals surface area contributed by atoms with Gasteiger partial charge in [-0.15, -0.1) is 0 Å². The van der Waals surface area contributed by atoms with Gasteiger partial charge < -0.3 is 4.74 Å². The molecule has 0 spiro atoms. The van der Waals surface area contributed by atoms with Gasteiger partial charge in [-0.1, -0.05) is 42.5 Å². The molecular formula is C19H17NO3. The third kappa shape index (κ3) is 2.75. The summed E-state index contributed by atoms with van der Waals surface area (Å²) in [4.78, 5) is 24.2. The molecule has 0 fully saturated rings. The molecule has 4 nitrogen and oxygen atoms in total. The highest BCUT2D eigenvalue weighted by atomic mass is 16.5. The third-order valence-electron chi connectivity index (χ3n) is 3.71. The second kappa shape index (κ2) is 6.08. The number of carbonyl (C=O) groups excluding carboxylic acids is 2. The largest absolute Gasteiger partial charge is 0.461 e. The van der Waals surface area contributed by atoms with Crippen LogP contribution in [0.1, 0.15) is 29.1 Å². The van der Waals surface area contributed by atoms with Gasteiger partial charge in [0.2, 0.25) is 5.91 Å². The Labute approximate surface area is 134 Å². The molecular weight excluding hydrogens is 290 g/mol. The highest BCUT2D eigenvalue weighted by Crippen LogP contribution is 2.27. The number of benzene rings is 2. The topological polar surface area (TPSA) is 48.3 Å². The fourth-order valence-electron chi connectivity index (χ4n) is 2.71. The smallest absolute Gasteiger partial charge is 0.355 e. The van der Waals surface area contributed by atoms with Crippen molar-refractivity contribution in [3.63, 3.8) is 0 Å². The maximum absolute atomic E-state index is 12.1. The van der Waals surface area contributed by atoms with Crippen LogP contribution in [0.5, 0.6) is 0 Å². The predicted octanol–water partition coefficient (Wildman–Crippen LogP) is 4.15. The van der Waals surface area contributed by atoms with Crippen LogP contribution in [0.15, 0.2) is 54.6 Å². The van der Waals surface area contributed by atoms with E-state index in [1.165, 1.54) is 11.5 Å². The van der Waals surface area contributed by atoms with E-state index in [9.17, 15) is 9.59 Å². The number of nitrogens with zero attached hydrogens (tertiary/aromatic N) is 1. The lowest BCUT2D eigenvalue weighted by atomic mass is 10.0. The summed E-state index contributed by atoms with van der Waals surface area (Å²) < 4.78 is 6.47. The molecule has 3 aromatic rings. The highest BCUT2D eigenvalue weighted by Gasteiger charge is 2.19. The molecule has 0 saturated heterocycles. The average Bonchev–Trinajstić information content (AvgIpc) is 2.94. The average molecular weight is 307 g/mol. The van der Waals surface area contributed by atoms with E-state index in [1.54, 1.807) is 13.0 Å². The number of rotatable bonds is 3. The summed E-state index contributed by atoms with van der Waals surface area (Å²) in [5.41, 5.74) is 3.03. The molecule has 0 saturated carbocycles. The van der Waals surface area contributed by atoms with E-state index in [-0.39, 0.29) is 18.2 Å². The van der Waals surface area contributed by atoms with Crippen LogP contribution in [-0.2, 0) is 4.74 Å². The van der Waals surface area contributed by atoms with Crippen LogP contribution >= 0.6 is 0 Å². The van der Waals surface area contributed by atoms with Gasteiger partial charge in [-0.25, -0.2) is 4.79 Å². The number of aromatic nitrogens is 1. The van der Waals surface area contributed by atoms with Crippen molar-refractivity contribution in [2.24, 2.45) is 0 Å². The van der Waals surface area contributed by atoms with E-state index in [2.05, 4.69) is 0 Å². The molecule has 1 heterocycles. The molecule has 2 aromatic carbocycles. The standard InChI is InChI=1S/C19H17NO3/c1-3-23-19(22)18-12-16-10-9-15(14-7-5-4-6-8-14)11-17(16)20(18)13(2)21/h4-12H,3H2,1-2H3. The minimum atomic E-state index is -0.486. The van der Waals surface area contributed by atoms with Crippen molar-refractivity contribution >= 4 is 22.8 Å². The first-order valence-corrected chi connectivity index (χ1v) is 7.51. The van der Waals surface area contributed by atoms with Crippen LogP contribution in [-0.4, -0.2) is 23.1 Å². The summed E-state index contributed by atoms with van der Waals surface area (Å²) in [6, 6.07) is 17.4. The minimum Gasteiger partial charge on any atom is -0.461 e. The summed E-state index contributed by atoms with van der Waals surface area (Å²) in [5.74, 6) is -0.701. The normalized spacial score (nSPS) is 10.7. The zero-order chi connectivity index (χ0) is 16.4. The van der Waals surface area contributed by atoms with E-state index in [0.717, 1.165) is 16.5 Å². The second-order valence-corrected chi connectivity index (χ2v) is 5.24. The fraction of sp³-hybridized carbons (Fsp3) is 0.158. The lowest BCUT2D eigenvalue weighted by Crippen LogP contribution is -2.16. The van der Waals surface area contributed by atoms with Crippen LogP contribution in [0, 0.1) is 0 Å². The Morgan fingerprint density at radius 2 is 1.74 bits per heavy atom. The van der Waals surface area contributed by atoms with E-state index in [0.29, 0.717) is 5.52 Å². The maximum atomic E-state index is 12.1.